The third-order valence-electron chi connectivity index (χ3n) is 3.38. The number of aromatic nitrogens is 2. The summed E-state index contributed by atoms with van der Waals surface area (Å²) in [6, 6.07) is 7.81. The van der Waals surface area contributed by atoms with Gasteiger partial charge in [0.05, 0.1) is 18.6 Å². The van der Waals surface area contributed by atoms with E-state index in [1.165, 1.54) is 17.3 Å². The first-order valence-electron chi connectivity index (χ1n) is 7.80. The summed E-state index contributed by atoms with van der Waals surface area (Å²) in [6.07, 6.45) is 3.69. The Morgan fingerprint density at radius 2 is 2.13 bits per heavy atom. The van der Waals surface area contributed by atoms with Crippen molar-refractivity contribution in [3.63, 3.8) is 0 Å². The number of carbonyl (C=O) groups is 1. The van der Waals surface area contributed by atoms with Gasteiger partial charge in [0.1, 0.15) is 5.75 Å². The third-order valence-corrected chi connectivity index (χ3v) is 4.40. The molecule has 124 valence electrons. The lowest BCUT2D eigenvalue weighted by Crippen LogP contribution is -2.26. The smallest absolute Gasteiger partial charge is 0.230 e. The molecule has 23 heavy (non-hydrogen) atoms. The van der Waals surface area contributed by atoms with Crippen molar-refractivity contribution in [2.45, 2.75) is 31.6 Å². The molecule has 1 heterocycles. The van der Waals surface area contributed by atoms with Crippen molar-refractivity contribution >= 4 is 17.7 Å². The van der Waals surface area contributed by atoms with Crippen LogP contribution in [0.4, 0.5) is 0 Å². The first-order chi connectivity index (χ1) is 11.2. The average molecular weight is 333 g/mol. The molecule has 0 unspecified atom stereocenters. The van der Waals surface area contributed by atoms with Crippen molar-refractivity contribution < 1.29 is 9.53 Å². The van der Waals surface area contributed by atoms with Gasteiger partial charge in [0.2, 0.25) is 5.91 Å². The van der Waals surface area contributed by atoms with E-state index in [1.54, 1.807) is 0 Å². The van der Waals surface area contributed by atoms with E-state index in [9.17, 15) is 4.79 Å². The van der Waals surface area contributed by atoms with Crippen LogP contribution < -0.4 is 10.1 Å². The normalized spacial score (nSPS) is 10.5. The van der Waals surface area contributed by atoms with Gasteiger partial charge in [-0.3, -0.25) is 9.89 Å². The van der Waals surface area contributed by atoms with Crippen LogP contribution in [0.3, 0.4) is 0 Å². The van der Waals surface area contributed by atoms with Crippen molar-refractivity contribution in [1.82, 2.24) is 15.5 Å². The predicted octanol–water partition coefficient (Wildman–Crippen LogP) is 2.96. The highest BCUT2D eigenvalue weighted by molar-refractivity contribution is 8.00. The van der Waals surface area contributed by atoms with E-state index in [2.05, 4.69) is 15.5 Å². The first kappa shape index (κ1) is 17.4. The molecule has 0 bridgehead atoms. The Morgan fingerprint density at radius 3 is 2.78 bits per heavy atom. The number of rotatable bonds is 9. The summed E-state index contributed by atoms with van der Waals surface area (Å²) < 4.78 is 5.40. The van der Waals surface area contributed by atoms with Gasteiger partial charge in [-0.05, 0) is 56.5 Å². The molecular weight excluding hydrogens is 310 g/mol. The number of amides is 1. The van der Waals surface area contributed by atoms with Crippen LogP contribution in [0.15, 0.2) is 35.4 Å². The largest absolute Gasteiger partial charge is 0.494 e. The predicted molar refractivity (Wildman–Crippen MR) is 93.0 cm³/mol. The Kier molecular flexibility index (Phi) is 7.00. The number of nitrogens with zero attached hydrogens (tertiary/aromatic N) is 1. The summed E-state index contributed by atoms with van der Waals surface area (Å²) in [4.78, 5) is 12.9. The summed E-state index contributed by atoms with van der Waals surface area (Å²) in [6.45, 7) is 5.32. The van der Waals surface area contributed by atoms with Crippen LogP contribution in [0.5, 0.6) is 5.75 Å². The molecule has 1 amide bonds. The Hall–Kier alpha value is -1.95. The van der Waals surface area contributed by atoms with E-state index in [0.29, 0.717) is 18.9 Å². The summed E-state index contributed by atoms with van der Waals surface area (Å²) in [7, 11) is 0. The van der Waals surface area contributed by atoms with Gasteiger partial charge in [-0.2, -0.15) is 5.10 Å². The van der Waals surface area contributed by atoms with Crippen molar-refractivity contribution in [2.75, 3.05) is 18.9 Å². The molecule has 5 nitrogen and oxygen atoms in total. The molecule has 6 heteroatoms. The van der Waals surface area contributed by atoms with Crippen molar-refractivity contribution in [1.29, 1.82) is 0 Å². The number of thioether (sulfide) groups is 1. The van der Waals surface area contributed by atoms with E-state index in [4.69, 9.17) is 4.74 Å². The number of ether oxygens (including phenoxy) is 1. The lowest BCUT2D eigenvalue weighted by molar-refractivity contribution is -0.118. The Bertz CT molecular complexity index is 611. The molecule has 0 atom stereocenters. The maximum absolute atomic E-state index is 11.8. The van der Waals surface area contributed by atoms with Gasteiger partial charge >= 0.3 is 0 Å². The number of benzene rings is 1. The number of nitrogens with one attached hydrogen (secondary N) is 2. The van der Waals surface area contributed by atoms with E-state index in [1.807, 2.05) is 44.3 Å². The summed E-state index contributed by atoms with van der Waals surface area (Å²) in [5, 5.41) is 9.86. The van der Waals surface area contributed by atoms with Crippen LogP contribution in [0.2, 0.25) is 0 Å². The monoisotopic (exact) mass is 333 g/mol. The Labute approximate surface area is 141 Å². The zero-order valence-electron chi connectivity index (χ0n) is 13.6. The number of aromatic amines is 1. The Morgan fingerprint density at radius 1 is 1.35 bits per heavy atom. The molecule has 0 aliphatic heterocycles. The minimum Gasteiger partial charge on any atom is -0.494 e. The number of H-pyrrole nitrogens is 1. The first-order valence-corrected chi connectivity index (χ1v) is 8.78. The molecular formula is C17H23N3O2S. The fourth-order valence-electron chi connectivity index (χ4n) is 2.13. The maximum atomic E-state index is 11.8. The van der Waals surface area contributed by atoms with Crippen molar-refractivity contribution in [3.8, 4) is 5.75 Å². The Balaban J connectivity index is 1.62. The molecule has 0 aliphatic carbocycles. The van der Waals surface area contributed by atoms with Crippen molar-refractivity contribution in [3.05, 3.63) is 41.7 Å². The molecule has 0 saturated carbocycles. The third kappa shape index (κ3) is 5.98. The van der Waals surface area contributed by atoms with Gasteiger partial charge in [-0.25, -0.2) is 0 Å². The van der Waals surface area contributed by atoms with E-state index in [0.717, 1.165) is 29.2 Å². The van der Waals surface area contributed by atoms with E-state index in [-0.39, 0.29) is 5.91 Å². The van der Waals surface area contributed by atoms with Crippen LogP contribution >= 0.6 is 11.8 Å². The van der Waals surface area contributed by atoms with Crippen LogP contribution in [0, 0.1) is 6.92 Å². The highest BCUT2D eigenvalue weighted by Gasteiger charge is 2.04. The maximum Gasteiger partial charge on any atom is 0.230 e. The summed E-state index contributed by atoms with van der Waals surface area (Å²) >= 11 is 1.53. The highest BCUT2D eigenvalue weighted by atomic mass is 32.2. The number of aryl methyl sites for hydroxylation is 2. The highest BCUT2D eigenvalue weighted by Crippen LogP contribution is 2.21. The average Bonchev–Trinajstić information content (AvgIpc) is 2.96. The topological polar surface area (TPSA) is 67.0 Å². The van der Waals surface area contributed by atoms with Gasteiger partial charge in [0, 0.05) is 17.1 Å². The molecule has 2 aromatic rings. The second kappa shape index (κ2) is 9.25. The molecule has 2 rings (SSSR count). The summed E-state index contributed by atoms with van der Waals surface area (Å²) in [5.74, 6) is 1.35. The number of carbonyl (C=O) groups excluding carboxylic acids is 1. The molecule has 2 N–H and O–H groups in total. The van der Waals surface area contributed by atoms with Crippen LogP contribution in [-0.2, 0) is 11.2 Å². The standard InChI is InChI=1S/C17H23N3O2S/c1-3-22-15-6-8-16(9-7-15)23-12-17(21)18-10-4-5-14-11-19-20-13(14)2/h6-9,11H,3-5,10,12H2,1-2H3,(H,18,21)(H,19,20). The van der Waals surface area contributed by atoms with Crippen molar-refractivity contribution in [2.24, 2.45) is 0 Å². The van der Waals surface area contributed by atoms with Gasteiger partial charge in [-0.1, -0.05) is 0 Å². The van der Waals surface area contributed by atoms with E-state index >= 15 is 0 Å². The minimum absolute atomic E-state index is 0.0628. The van der Waals surface area contributed by atoms with Crippen LogP contribution in [-0.4, -0.2) is 35.0 Å². The molecule has 0 spiro atoms. The number of hydrogen-bond acceptors (Lipinski definition) is 4. The fourth-order valence-corrected chi connectivity index (χ4v) is 2.86. The molecule has 0 aliphatic rings. The second-order valence-electron chi connectivity index (χ2n) is 5.17. The molecule has 0 radical (unpaired) electrons. The van der Waals surface area contributed by atoms with Gasteiger partial charge in [-0.15, -0.1) is 11.8 Å². The zero-order chi connectivity index (χ0) is 16.5. The lowest BCUT2D eigenvalue weighted by Gasteiger charge is -2.06. The fraction of sp³-hybridized carbons (Fsp3) is 0.412. The SMILES string of the molecule is CCOc1ccc(SCC(=O)NCCCc2cn[nH]c2C)cc1. The van der Waals surface area contributed by atoms with Gasteiger partial charge in [0.25, 0.3) is 0 Å². The molecule has 0 fully saturated rings. The van der Waals surface area contributed by atoms with E-state index < -0.39 is 0 Å². The van der Waals surface area contributed by atoms with Crippen LogP contribution in [0.25, 0.3) is 0 Å². The quantitative estimate of drug-likeness (QED) is 0.547. The van der Waals surface area contributed by atoms with Gasteiger partial charge < -0.3 is 10.1 Å². The second-order valence-corrected chi connectivity index (χ2v) is 6.22. The van der Waals surface area contributed by atoms with Crippen LogP contribution in [0.1, 0.15) is 24.6 Å². The summed E-state index contributed by atoms with van der Waals surface area (Å²) in [5.41, 5.74) is 2.31. The molecule has 1 aromatic carbocycles. The molecule has 1 aromatic heterocycles. The number of hydrogen-bond donors (Lipinski definition) is 2. The minimum atomic E-state index is 0.0628. The van der Waals surface area contributed by atoms with Gasteiger partial charge in [0.15, 0.2) is 0 Å². The molecule has 0 saturated heterocycles. The zero-order valence-corrected chi connectivity index (χ0v) is 14.4. The lowest BCUT2D eigenvalue weighted by atomic mass is 10.1.